The average Bonchev–Trinajstić information content (AvgIpc) is 3.50. The lowest BCUT2D eigenvalue weighted by Gasteiger charge is -2.39. The van der Waals surface area contributed by atoms with Crippen molar-refractivity contribution in [1.29, 1.82) is 0 Å². The molecule has 7 nitrogen and oxygen atoms in total. The molecule has 2 aromatic carbocycles. The first-order chi connectivity index (χ1) is 16.4. The highest BCUT2D eigenvalue weighted by Gasteiger charge is 2.57. The maximum Gasteiger partial charge on any atom is 0.258 e. The van der Waals surface area contributed by atoms with Crippen LogP contribution in [0, 0.1) is 11.7 Å². The summed E-state index contributed by atoms with van der Waals surface area (Å²) >= 11 is 5.67. The van der Waals surface area contributed by atoms with E-state index < -0.39 is 5.82 Å². The molecule has 4 aliphatic rings. The van der Waals surface area contributed by atoms with Gasteiger partial charge in [0.05, 0.1) is 5.02 Å². The number of hydrogen-bond acceptors (Lipinski definition) is 5. The van der Waals surface area contributed by atoms with Gasteiger partial charge in [-0.05, 0) is 55.4 Å². The molecule has 1 saturated heterocycles. The number of amides is 2. The van der Waals surface area contributed by atoms with Crippen molar-refractivity contribution in [3.63, 3.8) is 0 Å². The highest BCUT2D eigenvalue weighted by molar-refractivity contribution is 6.30. The lowest BCUT2D eigenvalue weighted by molar-refractivity contribution is -0.125. The first-order valence-corrected chi connectivity index (χ1v) is 12.0. The molecular weight excluding hydrogens is 459 g/mol. The van der Waals surface area contributed by atoms with Crippen LogP contribution in [0.1, 0.15) is 41.6 Å². The van der Waals surface area contributed by atoms with Gasteiger partial charge in [0.25, 0.3) is 11.8 Å². The third-order valence-corrected chi connectivity index (χ3v) is 7.34. The van der Waals surface area contributed by atoms with E-state index in [4.69, 9.17) is 16.3 Å². The zero-order valence-corrected chi connectivity index (χ0v) is 19.5. The van der Waals surface area contributed by atoms with Gasteiger partial charge in [-0.1, -0.05) is 29.8 Å². The second-order valence-corrected chi connectivity index (χ2v) is 9.89. The predicted octanol–water partition coefficient (Wildman–Crippen LogP) is 3.04. The van der Waals surface area contributed by atoms with Crippen molar-refractivity contribution in [2.24, 2.45) is 5.92 Å². The minimum atomic E-state index is -0.590. The van der Waals surface area contributed by atoms with Crippen molar-refractivity contribution in [1.82, 2.24) is 21.1 Å². The summed E-state index contributed by atoms with van der Waals surface area (Å²) in [6.07, 6.45) is 3.46. The molecule has 4 fully saturated rings. The monoisotopic (exact) mass is 486 g/mol. The molecule has 180 valence electrons. The largest absolute Gasteiger partial charge is 0.484 e. The molecule has 0 radical (unpaired) electrons. The Balaban J connectivity index is 1.14. The van der Waals surface area contributed by atoms with E-state index in [2.05, 4.69) is 21.1 Å². The fraction of sp³-hybridized carbons (Fsp3) is 0.440. The SMILES string of the molecule is O=C(COc1ccc(Cl)c(F)c1)NC12CC(C1)[C@@H](NC(=O)c1ccccc1CN1CCCN1)C2. The number of hydrogen-bond donors (Lipinski definition) is 3. The van der Waals surface area contributed by atoms with Crippen LogP contribution in [-0.2, 0) is 11.3 Å². The van der Waals surface area contributed by atoms with Crippen LogP contribution >= 0.6 is 11.6 Å². The number of rotatable bonds is 8. The molecule has 0 spiro atoms. The molecule has 3 aliphatic carbocycles. The topological polar surface area (TPSA) is 82.7 Å². The van der Waals surface area contributed by atoms with Gasteiger partial charge in [-0.3, -0.25) is 15.0 Å². The number of carbonyl (C=O) groups is 2. The van der Waals surface area contributed by atoms with Gasteiger partial charge in [-0.2, -0.15) is 0 Å². The summed E-state index contributed by atoms with van der Waals surface area (Å²) in [6, 6.07) is 11.8. The standard InChI is InChI=1S/C25H28ClFN4O3/c26-20-7-6-18(10-21(20)27)34-15-23(32)30-25-11-17(12-25)22(13-25)29-24(33)19-5-2-1-4-16(19)14-31-9-3-8-28-31/h1-2,4-7,10,17,22,28H,3,8-9,11-15H2,(H,29,33)(H,30,32)/t17?,22-,25?/m0/s1. The number of benzene rings is 2. The van der Waals surface area contributed by atoms with Gasteiger partial charge < -0.3 is 15.4 Å². The van der Waals surface area contributed by atoms with Gasteiger partial charge >= 0.3 is 0 Å². The Labute approximate surface area is 203 Å². The Hall–Kier alpha value is -2.68. The molecule has 2 aromatic rings. The molecule has 2 amide bonds. The number of fused-ring (bicyclic) bond motifs is 1. The summed E-state index contributed by atoms with van der Waals surface area (Å²) in [7, 11) is 0. The zero-order valence-electron chi connectivity index (χ0n) is 18.8. The molecule has 9 heteroatoms. The number of halogens is 2. The second kappa shape index (κ2) is 9.52. The molecule has 0 aromatic heterocycles. The Kier molecular flexibility index (Phi) is 6.46. The van der Waals surface area contributed by atoms with E-state index in [9.17, 15) is 14.0 Å². The van der Waals surface area contributed by atoms with Gasteiger partial charge in [0.1, 0.15) is 11.6 Å². The Morgan fingerprint density at radius 1 is 1.21 bits per heavy atom. The number of nitrogens with one attached hydrogen (secondary N) is 3. The predicted molar refractivity (Wildman–Crippen MR) is 126 cm³/mol. The van der Waals surface area contributed by atoms with E-state index in [0.29, 0.717) is 24.4 Å². The summed E-state index contributed by atoms with van der Waals surface area (Å²) < 4.78 is 18.9. The quantitative estimate of drug-likeness (QED) is 0.534. The number of carbonyl (C=O) groups excluding carboxylic acids is 2. The fourth-order valence-corrected chi connectivity index (χ4v) is 5.52. The van der Waals surface area contributed by atoms with Crippen molar-refractivity contribution in [2.75, 3.05) is 19.7 Å². The molecule has 1 aliphatic heterocycles. The Morgan fingerprint density at radius 2 is 2.03 bits per heavy atom. The summed E-state index contributed by atoms with van der Waals surface area (Å²) in [4.78, 5) is 25.6. The molecule has 1 atom stereocenters. The minimum Gasteiger partial charge on any atom is -0.484 e. The van der Waals surface area contributed by atoms with E-state index in [1.807, 2.05) is 24.3 Å². The van der Waals surface area contributed by atoms with Crippen LogP contribution in [0.15, 0.2) is 42.5 Å². The van der Waals surface area contributed by atoms with Gasteiger partial charge in [0, 0.05) is 42.8 Å². The molecule has 0 unspecified atom stereocenters. The average molecular weight is 487 g/mol. The first-order valence-electron chi connectivity index (χ1n) is 11.7. The van der Waals surface area contributed by atoms with Crippen molar-refractivity contribution in [2.45, 2.75) is 43.8 Å². The molecule has 3 N–H and O–H groups in total. The van der Waals surface area contributed by atoms with E-state index in [-0.39, 0.29) is 40.8 Å². The highest BCUT2D eigenvalue weighted by Crippen LogP contribution is 2.52. The van der Waals surface area contributed by atoms with Crippen LogP contribution < -0.4 is 20.8 Å². The number of ether oxygens (including phenoxy) is 1. The number of hydrazine groups is 1. The van der Waals surface area contributed by atoms with Crippen molar-refractivity contribution in [3.05, 3.63) is 64.4 Å². The zero-order chi connectivity index (χ0) is 23.7. The molecule has 34 heavy (non-hydrogen) atoms. The van der Waals surface area contributed by atoms with Crippen LogP contribution in [0.4, 0.5) is 4.39 Å². The van der Waals surface area contributed by atoms with Crippen molar-refractivity contribution < 1.29 is 18.7 Å². The van der Waals surface area contributed by atoms with E-state index >= 15 is 0 Å². The van der Waals surface area contributed by atoms with Crippen LogP contribution in [0.2, 0.25) is 5.02 Å². The summed E-state index contributed by atoms with van der Waals surface area (Å²) in [5.74, 6) is -0.317. The first kappa shape index (κ1) is 23.1. The Bertz CT molecular complexity index is 1090. The third kappa shape index (κ3) is 4.89. The van der Waals surface area contributed by atoms with Gasteiger partial charge in [-0.25, -0.2) is 9.40 Å². The molecule has 2 bridgehead atoms. The van der Waals surface area contributed by atoms with Crippen LogP contribution in [-0.4, -0.2) is 48.1 Å². The van der Waals surface area contributed by atoms with Gasteiger partial charge in [0.15, 0.2) is 6.61 Å². The summed E-state index contributed by atoms with van der Waals surface area (Å²) in [5, 5.41) is 8.42. The van der Waals surface area contributed by atoms with Crippen molar-refractivity contribution in [3.8, 4) is 5.75 Å². The second-order valence-electron chi connectivity index (χ2n) is 9.49. The molecule has 6 rings (SSSR count). The maximum absolute atomic E-state index is 13.5. The van der Waals surface area contributed by atoms with Crippen molar-refractivity contribution >= 4 is 23.4 Å². The lowest BCUT2D eigenvalue weighted by Crippen LogP contribution is -2.53. The molecular formula is C25H28ClFN4O3. The molecule has 1 heterocycles. The maximum atomic E-state index is 13.5. The molecule has 3 saturated carbocycles. The smallest absolute Gasteiger partial charge is 0.258 e. The normalized spacial score (nSPS) is 25.6. The van der Waals surface area contributed by atoms with Crippen LogP contribution in [0.25, 0.3) is 0 Å². The summed E-state index contributed by atoms with van der Waals surface area (Å²) in [5.41, 5.74) is 4.72. The van der Waals surface area contributed by atoms with Gasteiger partial charge in [0.2, 0.25) is 0 Å². The van der Waals surface area contributed by atoms with Gasteiger partial charge in [-0.15, -0.1) is 0 Å². The third-order valence-electron chi connectivity index (χ3n) is 7.03. The summed E-state index contributed by atoms with van der Waals surface area (Å²) in [6.45, 7) is 2.42. The van der Waals surface area contributed by atoms with E-state index in [0.717, 1.165) is 44.0 Å². The highest BCUT2D eigenvalue weighted by atomic mass is 35.5. The van der Waals surface area contributed by atoms with Crippen LogP contribution in [0.5, 0.6) is 5.75 Å². The Morgan fingerprint density at radius 3 is 2.79 bits per heavy atom. The van der Waals surface area contributed by atoms with Crippen LogP contribution in [0.3, 0.4) is 0 Å². The van der Waals surface area contributed by atoms with E-state index in [1.54, 1.807) is 0 Å². The fourth-order valence-electron chi connectivity index (χ4n) is 5.40. The number of nitrogens with zero attached hydrogens (tertiary/aromatic N) is 1. The minimum absolute atomic E-state index is 0.00517. The van der Waals surface area contributed by atoms with E-state index in [1.165, 1.54) is 12.1 Å². The lowest BCUT2D eigenvalue weighted by atomic mass is 9.76.